The summed E-state index contributed by atoms with van der Waals surface area (Å²) < 4.78 is 27.7. The number of nitrogens with two attached hydrogens (primary N) is 1. The maximum Gasteiger partial charge on any atom is 0.408 e. The molecule has 1 aliphatic carbocycles. The van der Waals surface area contributed by atoms with Gasteiger partial charge in [0.05, 0.1) is 25.5 Å². The number of nitrogens with zero attached hydrogens (tertiary/aromatic N) is 3. The molecule has 11 nitrogen and oxygen atoms in total. The molecule has 2 atom stereocenters. The van der Waals surface area contributed by atoms with Crippen LogP contribution in [0.1, 0.15) is 29.5 Å². The van der Waals surface area contributed by atoms with E-state index in [1.807, 2.05) is 18.2 Å². The Labute approximate surface area is 211 Å². The summed E-state index contributed by atoms with van der Waals surface area (Å²) in [6.07, 6.45) is 5.03. The average Bonchev–Trinajstić information content (AvgIpc) is 3.59. The van der Waals surface area contributed by atoms with Gasteiger partial charge in [-0.05, 0) is 48.9 Å². The van der Waals surface area contributed by atoms with Gasteiger partial charge in [0.25, 0.3) is 0 Å². The minimum Gasteiger partial charge on any atom is -0.481 e. The number of aryl methyl sites for hydroxylation is 1. The molecule has 0 radical (unpaired) electrons. The number of thiazole rings is 1. The molecule has 2 aliphatic rings. The molecule has 13 heteroatoms. The molecule has 0 spiro atoms. The second-order valence-electron chi connectivity index (χ2n) is 8.61. The van der Waals surface area contributed by atoms with E-state index in [1.165, 1.54) is 13.3 Å². The number of benzene rings is 1. The van der Waals surface area contributed by atoms with Crippen molar-refractivity contribution in [3.63, 3.8) is 0 Å². The molecule has 5 rings (SSSR count). The van der Waals surface area contributed by atoms with Crippen LogP contribution >= 0.6 is 11.3 Å². The molecule has 3 amide bonds. The first-order valence-corrected chi connectivity index (χ1v) is 13.5. The van der Waals surface area contributed by atoms with Crippen molar-refractivity contribution in [3.8, 4) is 17.0 Å². The van der Waals surface area contributed by atoms with Gasteiger partial charge in [-0.3, -0.25) is 0 Å². The van der Waals surface area contributed by atoms with E-state index in [4.69, 9.17) is 14.6 Å². The topological polar surface area (TPSA) is 158 Å². The van der Waals surface area contributed by atoms with Gasteiger partial charge in [0.15, 0.2) is 15.5 Å². The number of carbonyl (C=O) groups excluding carboxylic acids is 2. The first kappa shape index (κ1) is 24.2. The lowest BCUT2D eigenvalue weighted by Gasteiger charge is -2.17. The van der Waals surface area contributed by atoms with Crippen LogP contribution in [0.5, 0.6) is 5.88 Å². The summed E-state index contributed by atoms with van der Waals surface area (Å²) in [6, 6.07) is 6.75. The number of fused-ring (bicyclic) bond motifs is 1. The van der Waals surface area contributed by atoms with Gasteiger partial charge < -0.3 is 20.1 Å². The van der Waals surface area contributed by atoms with E-state index in [0.29, 0.717) is 16.6 Å². The number of aromatic nitrogens is 2. The number of anilines is 1. The van der Waals surface area contributed by atoms with Gasteiger partial charge in [0, 0.05) is 17.8 Å². The fraction of sp³-hybridized carbons (Fsp3) is 0.304. The summed E-state index contributed by atoms with van der Waals surface area (Å²) in [4.78, 5) is 32.9. The normalized spacial score (nSPS) is 20.1. The Morgan fingerprint density at radius 1 is 1.33 bits per heavy atom. The summed E-state index contributed by atoms with van der Waals surface area (Å²) in [6.45, 7) is 1.89. The SMILES string of the molecule is COc1cc(-c2ccc3c(c2NC(=O)N=[S@@](N)(=O)c2cnc(C4(C)CNC(=O)O4)s2)CCC3)ccn1. The van der Waals surface area contributed by atoms with E-state index in [1.54, 1.807) is 19.2 Å². The maximum atomic E-state index is 13.2. The van der Waals surface area contributed by atoms with Gasteiger partial charge >= 0.3 is 12.1 Å². The van der Waals surface area contributed by atoms with E-state index in [2.05, 4.69) is 25.0 Å². The van der Waals surface area contributed by atoms with E-state index in [9.17, 15) is 13.8 Å². The number of hydrogen-bond acceptors (Lipinski definition) is 8. The lowest BCUT2D eigenvalue weighted by atomic mass is 9.98. The van der Waals surface area contributed by atoms with Crippen LogP contribution in [0.2, 0.25) is 0 Å². The third kappa shape index (κ3) is 4.52. The van der Waals surface area contributed by atoms with Crippen LogP contribution in [0, 0.1) is 0 Å². The minimum atomic E-state index is -3.60. The van der Waals surface area contributed by atoms with Crippen LogP contribution < -0.4 is 20.5 Å². The molecular formula is C23H24N6O5S2. The number of methoxy groups -OCH3 is 1. The van der Waals surface area contributed by atoms with E-state index in [-0.39, 0.29) is 10.8 Å². The van der Waals surface area contributed by atoms with Crippen LogP contribution in [-0.4, -0.2) is 40.0 Å². The van der Waals surface area contributed by atoms with Crippen molar-refractivity contribution < 1.29 is 23.3 Å². The quantitative estimate of drug-likeness (QED) is 0.456. The lowest BCUT2D eigenvalue weighted by Crippen LogP contribution is -2.25. The summed E-state index contributed by atoms with van der Waals surface area (Å²) >= 11 is 0.987. The van der Waals surface area contributed by atoms with Crippen molar-refractivity contribution in [2.24, 2.45) is 9.50 Å². The molecule has 36 heavy (non-hydrogen) atoms. The van der Waals surface area contributed by atoms with Crippen molar-refractivity contribution in [2.45, 2.75) is 36.0 Å². The monoisotopic (exact) mass is 528 g/mol. The molecule has 4 N–H and O–H groups in total. The zero-order valence-electron chi connectivity index (χ0n) is 19.6. The summed E-state index contributed by atoms with van der Waals surface area (Å²) in [5.41, 5.74) is 3.32. The highest BCUT2D eigenvalue weighted by molar-refractivity contribution is 7.93. The van der Waals surface area contributed by atoms with Crippen LogP contribution in [0.25, 0.3) is 11.1 Å². The molecular weight excluding hydrogens is 504 g/mol. The highest BCUT2D eigenvalue weighted by Crippen LogP contribution is 2.38. The molecule has 1 aromatic carbocycles. The van der Waals surface area contributed by atoms with Crippen molar-refractivity contribution >= 4 is 39.1 Å². The van der Waals surface area contributed by atoms with Crippen LogP contribution in [0.4, 0.5) is 15.3 Å². The fourth-order valence-electron chi connectivity index (χ4n) is 4.31. The van der Waals surface area contributed by atoms with Crippen molar-refractivity contribution in [2.75, 3.05) is 19.0 Å². The molecule has 2 aromatic heterocycles. The number of amides is 3. The predicted octanol–water partition coefficient (Wildman–Crippen LogP) is 3.59. The molecule has 1 fully saturated rings. The third-order valence-corrected chi connectivity index (χ3v) is 9.22. The molecule has 3 heterocycles. The zero-order valence-corrected chi connectivity index (χ0v) is 21.2. The second kappa shape index (κ2) is 9.15. The van der Waals surface area contributed by atoms with E-state index in [0.717, 1.165) is 52.9 Å². The number of urea groups is 1. The number of ether oxygens (including phenoxy) is 2. The first-order valence-electron chi connectivity index (χ1n) is 11.1. The molecule has 0 bridgehead atoms. The Morgan fingerprint density at radius 3 is 2.92 bits per heavy atom. The first-order chi connectivity index (χ1) is 17.2. The number of cyclic esters (lactones) is 1. The number of nitrogens with one attached hydrogen (secondary N) is 2. The van der Waals surface area contributed by atoms with Gasteiger partial charge in [0.2, 0.25) is 5.88 Å². The van der Waals surface area contributed by atoms with Gasteiger partial charge in [0.1, 0.15) is 9.22 Å². The molecule has 1 unspecified atom stereocenters. The Morgan fingerprint density at radius 2 is 2.17 bits per heavy atom. The average molecular weight is 529 g/mol. The third-order valence-electron chi connectivity index (χ3n) is 6.10. The lowest BCUT2D eigenvalue weighted by molar-refractivity contribution is 0.0702. The largest absolute Gasteiger partial charge is 0.481 e. The van der Waals surface area contributed by atoms with Crippen LogP contribution in [-0.2, 0) is 33.1 Å². The molecule has 188 valence electrons. The smallest absolute Gasteiger partial charge is 0.408 e. The summed E-state index contributed by atoms with van der Waals surface area (Å²) in [5.74, 6) is 0.442. The van der Waals surface area contributed by atoms with Crippen molar-refractivity contribution in [3.05, 3.63) is 52.8 Å². The molecule has 1 aliphatic heterocycles. The highest BCUT2D eigenvalue weighted by atomic mass is 32.2. The minimum absolute atomic E-state index is 0.106. The number of pyridine rings is 1. The number of alkyl carbamates (subject to hydrolysis) is 1. The highest BCUT2D eigenvalue weighted by Gasteiger charge is 2.40. The molecule has 1 saturated heterocycles. The van der Waals surface area contributed by atoms with Gasteiger partial charge in [-0.1, -0.05) is 12.1 Å². The van der Waals surface area contributed by atoms with Crippen LogP contribution in [0.3, 0.4) is 0 Å². The van der Waals surface area contributed by atoms with Gasteiger partial charge in [-0.25, -0.2) is 28.9 Å². The fourth-order valence-corrected chi connectivity index (χ4v) is 6.46. The maximum absolute atomic E-state index is 13.2. The van der Waals surface area contributed by atoms with Gasteiger partial charge in [-0.15, -0.1) is 15.7 Å². The zero-order chi connectivity index (χ0) is 25.5. The molecule has 0 saturated carbocycles. The Balaban J connectivity index is 1.47. The number of hydrogen-bond donors (Lipinski definition) is 3. The number of carbonyl (C=O) groups is 2. The standard InChI is InChI=1S/C23H24N6O5S2/c1-23(12-27-22(31)34-23)20-26-11-18(35-20)36(24,32)29-21(30)28-19-15-5-3-4-13(15)6-7-16(19)14-8-9-25-17(10-14)33-2/h6-11H,3-5,12H2,1-2H3,(H,27,31)(H3,24,28,29,30,32)/t23?,36-/m1/s1. The Bertz CT molecular complexity index is 1500. The second-order valence-corrected chi connectivity index (χ2v) is 11.7. The summed E-state index contributed by atoms with van der Waals surface area (Å²) in [7, 11) is -2.07. The van der Waals surface area contributed by atoms with Gasteiger partial charge in [-0.2, -0.15) is 0 Å². The van der Waals surface area contributed by atoms with Crippen molar-refractivity contribution in [1.82, 2.24) is 15.3 Å². The Kier molecular flexibility index (Phi) is 6.14. The Hall–Kier alpha value is -3.55. The van der Waals surface area contributed by atoms with E-state index < -0.39 is 27.6 Å². The number of rotatable bonds is 5. The van der Waals surface area contributed by atoms with E-state index >= 15 is 0 Å². The molecule has 3 aromatic rings. The summed E-state index contributed by atoms with van der Waals surface area (Å²) in [5, 5.41) is 11.8. The van der Waals surface area contributed by atoms with Crippen LogP contribution in [0.15, 0.2) is 45.2 Å². The predicted molar refractivity (Wildman–Crippen MR) is 134 cm³/mol. The van der Waals surface area contributed by atoms with Crippen molar-refractivity contribution in [1.29, 1.82) is 0 Å².